The first kappa shape index (κ1) is 25.3. The van der Waals surface area contributed by atoms with Crippen molar-refractivity contribution in [3.63, 3.8) is 0 Å². The normalized spacial score (nSPS) is 16.5. The van der Waals surface area contributed by atoms with E-state index in [1.807, 2.05) is 20.8 Å². The lowest BCUT2D eigenvalue weighted by Crippen LogP contribution is -2.48. The van der Waals surface area contributed by atoms with Crippen LogP contribution in [0.15, 0.2) is 23.4 Å². The van der Waals surface area contributed by atoms with Crippen LogP contribution < -0.4 is 10.1 Å². The van der Waals surface area contributed by atoms with Crippen molar-refractivity contribution >= 4 is 39.3 Å². The van der Waals surface area contributed by atoms with Crippen LogP contribution in [0.1, 0.15) is 33.6 Å². The van der Waals surface area contributed by atoms with Gasteiger partial charge in [0.15, 0.2) is 0 Å². The van der Waals surface area contributed by atoms with E-state index in [2.05, 4.69) is 20.4 Å². The summed E-state index contributed by atoms with van der Waals surface area (Å²) in [6.07, 6.45) is 4.54. The van der Waals surface area contributed by atoms with Gasteiger partial charge in [-0.25, -0.2) is 14.3 Å². The molecule has 0 bridgehead atoms. The summed E-state index contributed by atoms with van der Waals surface area (Å²) in [5.74, 6) is -0.267. The van der Waals surface area contributed by atoms with Crippen molar-refractivity contribution in [3.05, 3.63) is 24.3 Å². The molecule has 2 amide bonds. The number of fused-ring (bicyclic) bond motifs is 1. The molecule has 0 saturated carbocycles. The Morgan fingerprint density at radius 1 is 1.31 bits per heavy atom. The van der Waals surface area contributed by atoms with Crippen LogP contribution in [0.4, 0.5) is 9.18 Å². The summed E-state index contributed by atoms with van der Waals surface area (Å²) in [5.41, 5.74) is 0.602. The SMILES string of the molecule is CC(C)C(=N)NC(=O)N1CCC(C(C)Oc2nn3cc(-c4ccc([S+](C)[O-])nc4F)nc3s2)CC1. The van der Waals surface area contributed by atoms with Crippen LogP contribution in [0, 0.1) is 23.2 Å². The largest absolute Gasteiger partial charge is 0.610 e. The fourth-order valence-corrected chi connectivity index (χ4v) is 5.08. The third-order valence-corrected chi connectivity index (χ3v) is 7.64. The molecule has 1 fully saturated rings. The van der Waals surface area contributed by atoms with Crippen molar-refractivity contribution in [1.29, 1.82) is 5.41 Å². The third kappa shape index (κ3) is 5.73. The van der Waals surface area contributed by atoms with Gasteiger partial charge in [-0.3, -0.25) is 10.7 Å². The zero-order chi connectivity index (χ0) is 25.3. The molecule has 35 heavy (non-hydrogen) atoms. The second-order valence-corrected chi connectivity index (χ2v) is 11.1. The lowest BCUT2D eigenvalue weighted by Gasteiger charge is -2.34. The summed E-state index contributed by atoms with van der Waals surface area (Å²) in [7, 11) is 0. The summed E-state index contributed by atoms with van der Waals surface area (Å²) < 4.78 is 33.5. The number of amides is 2. The van der Waals surface area contributed by atoms with Gasteiger partial charge >= 0.3 is 6.03 Å². The molecule has 2 unspecified atom stereocenters. The van der Waals surface area contributed by atoms with Gasteiger partial charge < -0.3 is 14.2 Å². The quantitative estimate of drug-likeness (QED) is 0.221. The second-order valence-electron chi connectivity index (χ2n) is 8.81. The van der Waals surface area contributed by atoms with Crippen LogP contribution >= 0.6 is 11.3 Å². The van der Waals surface area contributed by atoms with Gasteiger partial charge in [-0.05, 0) is 43.1 Å². The molecule has 0 aromatic carbocycles. The molecule has 0 spiro atoms. The first-order valence-electron chi connectivity index (χ1n) is 11.3. The average molecular weight is 522 g/mol. The van der Waals surface area contributed by atoms with Gasteiger partial charge in [-0.1, -0.05) is 13.8 Å². The van der Waals surface area contributed by atoms with E-state index in [0.717, 1.165) is 12.8 Å². The highest BCUT2D eigenvalue weighted by Gasteiger charge is 2.29. The van der Waals surface area contributed by atoms with Gasteiger partial charge in [-0.15, -0.1) is 5.10 Å². The molecule has 3 aromatic rings. The number of imidazole rings is 1. The fraction of sp³-hybridized carbons (Fsp3) is 0.500. The maximum Gasteiger partial charge on any atom is 0.322 e. The van der Waals surface area contributed by atoms with E-state index in [0.29, 0.717) is 28.9 Å². The van der Waals surface area contributed by atoms with E-state index in [-0.39, 0.29) is 40.4 Å². The highest BCUT2D eigenvalue weighted by molar-refractivity contribution is 7.90. The zero-order valence-electron chi connectivity index (χ0n) is 19.9. The number of pyridine rings is 1. The minimum absolute atomic E-state index is 0.0236. The number of rotatable bonds is 6. The number of nitrogens with zero attached hydrogens (tertiary/aromatic N) is 5. The maximum atomic E-state index is 14.4. The molecule has 4 heterocycles. The molecular formula is C22H28FN7O3S2. The summed E-state index contributed by atoms with van der Waals surface area (Å²) >= 11 is -0.103. The van der Waals surface area contributed by atoms with Gasteiger partial charge in [-0.2, -0.15) is 9.37 Å². The topological polar surface area (TPSA) is 132 Å². The minimum Gasteiger partial charge on any atom is -0.610 e. The van der Waals surface area contributed by atoms with Gasteiger partial charge in [0.05, 0.1) is 17.5 Å². The summed E-state index contributed by atoms with van der Waals surface area (Å²) in [6, 6.07) is 2.81. The number of ether oxygens (including phenoxy) is 1. The number of piperidine rings is 1. The number of hydrogen-bond donors (Lipinski definition) is 2. The Kier molecular flexibility index (Phi) is 7.57. The molecule has 1 aliphatic heterocycles. The molecule has 2 atom stereocenters. The first-order valence-corrected chi connectivity index (χ1v) is 13.7. The standard InChI is InChI=1S/C22H28FN7O3S2/c1-12(2)19(24)27-20(31)29-9-7-14(8-10-29)13(3)33-22-28-30-11-16(25-21(30)34-22)15-5-6-17(35(4)32)26-18(15)23/h5-6,11-14H,7-10H2,1-4H3,(H2,24,27,31). The molecule has 4 rings (SSSR count). The predicted molar refractivity (Wildman–Crippen MR) is 132 cm³/mol. The summed E-state index contributed by atoms with van der Waals surface area (Å²) in [6.45, 7) is 6.93. The zero-order valence-corrected chi connectivity index (χ0v) is 21.6. The lowest BCUT2D eigenvalue weighted by molar-refractivity contribution is 0.0965. The Balaban J connectivity index is 1.35. The molecular weight excluding hydrogens is 493 g/mol. The monoisotopic (exact) mass is 521 g/mol. The Morgan fingerprint density at radius 3 is 2.63 bits per heavy atom. The average Bonchev–Trinajstić information content (AvgIpc) is 3.37. The number of carbonyl (C=O) groups is 1. The third-order valence-electron chi connectivity index (χ3n) is 6.01. The predicted octanol–water partition coefficient (Wildman–Crippen LogP) is 3.55. The van der Waals surface area contributed by atoms with Crippen LogP contribution in [-0.2, 0) is 11.2 Å². The molecule has 1 saturated heterocycles. The molecule has 188 valence electrons. The number of likely N-dealkylation sites (tertiary alicyclic amines) is 1. The number of aromatic nitrogens is 4. The number of amidine groups is 1. The van der Waals surface area contributed by atoms with E-state index in [1.54, 1.807) is 15.6 Å². The Morgan fingerprint density at radius 2 is 2.03 bits per heavy atom. The molecule has 1 aliphatic rings. The highest BCUT2D eigenvalue weighted by Crippen LogP contribution is 2.30. The Bertz CT molecular complexity index is 1190. The minimum atomic E-state index is -1.37. The molecule has 13 heteroatoms. The number of hydrogen-bond acceptors (Lipinski definition) is 8. The molecule has 0 radical (unpaired) electrons. The van der Waals surface area contributed by atoms with Crippen molar-refractivity contribution in [2.45, 2.75) is 44.7 Å². The van der Waals surface area contributed by atoms with E-state index < -0.39 is 17.1 Å². The van der Waals surface area contributed by atoms with Crippen molar-refractivity contribution in [2.75, 3.05) is 19.3 Å². The van der Waals surface area contributed by atoms with Crippen LogP contribution in [-0.4, -0.2) is 66.4 Å². The van der Waals surface area contributed by atoms with E-state index in [1.165, 1.54) is 29.7 Å². The molecule has 3 aromatic heterocycles. The smallest absolute Gasteiger partial charge is 0.322 e. The number of carbonyl (C=O) groups excluding carboxylic acids is 1. The fourth-order valence-electron chi connectivity index (χ4n) is 3.79. The Labute approximate surface area is 209 Å². The van der Waals surface area contributed by atoms with Crippen LogP contribution in [0.25, 0.3) is 16.2 Å². The lowest BCUT2D eigenvalue weighted by atomic mass is 9.92. The summed E-state index contributed by atoms with van der Waals surface area (Å²) in [5, 5.41) is 15.5. The molecule has 10 nitrogen and oxygen atoms in total. The highest BCUT2D eigenvalue weighted by atomic mass is 32.2. The van der Waals surface area contributed by atoms with Crippen LogP contribution in [0.2, 0.25) is 0 Å². The number of nitrogens with one attached hydrogen (secondary N) is 2. The van der Waals surface area contributed by atoms with Crippen molar-refractivity contribution < 1.29 is 18.5 Å². The van der Waals surface area contributed by atoms with Gasteiger partial charge in [0, 0.05) is 36.2 Å². The number of urea groups is 1. The summed E-state index contributed by atoms with van der Waals surface area (Å²) in [4.78, 5) is 22.8. The molecule has 0 aliphatic carbocycles. The van der Waals surface area contributed by atoms with E-state index >= 15 is 0 Å². The van der Waals surface area contributed by atoms with Crippen LogP contribution in [0.3, 0.4) is 0 Å². The van der Waals surface area contributed by atoms with Gasteiger partial charge in [0.25, 0.3) is 5.19 Å². The van der Waals surface area contributed by atoms with Crippen molar-refractivity contribution in [3.8, 4) is 16.5 Å². The van der Waals surface area contributed by atoms with Gasteiger partial charge in [0.1, 0.15) is 18.2 Å². The molecule has 2 N–H and O–H groups in total. The maximum absolute atomic E-state index is 14.4. The van der Waals surface area contributed by atoms with E-state index in [9.17, 15) is 13.7 Å². The second kappa shape index (κ2) is 10.5. The van der Waals surface area contributed by atoms with Crippen molar-refractivity contribution in [2.24, 2.45) is 11.8 Å². The van der Waals surface area contributed by atoms with Crippen LogP contribution in [0.5, 0.6) is 5.19 Å². The van der Waals surface area contributed by atoms with Gasteiger partial charge in [0.2, 0.25) is 15.9 Å². The van der Waals surface area contributed by atoms with Crippen molar-refractivity contribution in [1.82, 2.24) is 29.8 Å². The van der Waals surface area contributed by atoms with E-state index in [4.69, 9.17) is 10.1 Å². The first-order chi connectivity index (χ1) is 16.6. The number of halogens is 1. The Hall–Kier alpha value is -2.77.